The lowest BCUT2D eigenvalue weighted by Crippen LogP contribution is -2.53. The molecule has 0 spiro atoms. The van der Waals surface area contributed by atoms with Crippen LogP contribution in [0.3, 0.4) is 0 Å². The van der Waals surface area contributed by atoms with Crippen molar-refractivity contribution in [3.05, 3.63) is 0 Å². The molecule has 6 N–H and O–H groups in total. The van der Waals surface area contributed by atoms with E-state index in [1.165, 1.54) is 0 Å². The van der Waals surface area contributed by atoms with Crippen molar-refractivity contribution in [3.63, 3.8) is 0 Å². The number of hydrogen-bond donors (Lipinski definition) is 5. The summed E-state index contributed by atoms with van der Waals surface area (Å²) in [6, 6.07) is -2.00. The molecule has 8 heteroatoms. The van der Waals surface area contributed by atoms with E-state index in [4.69, 9.17) is 10.8 Å². The maximum absolute atomic E-state index is 12.0. The summed E-state index contributed by atoms with van der Waals surface area (Å²) in [7, 11) is 0. The molecule has 0 aromatic rings. The Hall–Kier alpha value is -1.67. The summed E-state index contributed by atoms with van der Waals surface area (Å²) in [6.07, 6.45) is 3.33. The molecule has 1 aliphatic heterocycles. The van der Waals surface area contributed by atoms with Crippen LogP contribution in [0.1, 0.15) is 39.0 Å². The summed E-state index contributed by atoms with van der Waals surface area (Å²) in [5.41, 5.74) is 5.37. The van der Waals surface area contributed by atoms with Gasteiger partial charge in [0.25, 0.3) is 0 Å². The number of aliphatic carboxylic acids is 1. The lowest BCUT2D eigenvalue weighted by atomic mass is 10.1. The molecule has 1 rings (SSSR count). The number of unbranched alkanes of at least 4 members (excludes halogenated alkanes) is 1. The second-order valence-electron chi connectivity index (χ2n) is 5.56. The molecule has 1 heterocycles. The first-order valence-corrected chi connectivity index (χ1v) is 7.72. The molecule has 126 valence electrons. The maximum atomic E-state index is 12.0. The molecule has 0 unspecified atom stereocenters. The number of carbonyl (C=O) groups excluding carboxylic acids is 2. The van der Waals surface area contributed by atoms with Gasteiger partial charge in [0.1, 0.15) is 12.1 Å². The van der Waals surface area contributed by atoms with E-state index in [1.54, 1.807) is 6.92 Å². The topological polar surface area (TPSA) is 134 Å². The van der Waals surface area contributed by atoms with Crippen LogP contribution in [0, 0.1) is 0 Å². The molecular weight excluding hydrogens is 288 g/mol. The van der Waals surface area contributed by atoms with E-state index < -0.39 is 24.0 Å². The summed E-state index contributed by atoms with van der Waals surface area (Å²) < 4.78 is 0. The fourth-order valence-electron chi connectivity index (χ4n) is 2.33. The van der Waals surface area contributed by atoms with Crippen molar-refractivity contribution in [2.45, 2.75) is 57.2 Å². The van der Waals surface area contributed by atoms with Gasteiger partial charge >= 0.3 is 5.97 Å². The van der Waals surface area contributed by atoms with Gasteiger partial charge in [0.05, 0.1) is 6.04 Å². The highest BCUT2D eigenvalue weighted by Crippen LogP contribution is 2.05. The van der Waals surface area contributed by atoms with Gasteiger partial charge in [-0.15, -0.1) is 0 Å². The second kappa shape index (κ2) is 9.37. The molecule has 1 fully saturated rings. The van der Waals surface area contributed by atoms with Crippen molar-refractivity contribution in [2.24, 2.45) is 5.73 Å². The second-order valence-corrected chi connectivity index (χ2v) is 5.56. The molecular formula is C14H26N4O4. The molecule has 0 aliphatic carbocycles. The lowest BCUT2D eigenvalue weighted by molar-refractivity contribution is -0.142. The lowest BCUT2D eigenvalue weighted by Gasteiger charge is -2.20. The minimum Gasteiger partial charge on any atom is -0.480 e. The average Bonchev–Trinajstić information content (AvgIpc) is 3.00. The van der Waals surface area contributed by atoms with Gasteiger partial charge in [-0.1, -0.05) is 0 Å². The smallest absolute Gasteiger partial charge is 0.326 e. The van der Waals surface area contributed by atoms with Crippen LogP contribution in [0.4, 0.5) is 0 Å². The summed E-state index contributed by atoms with van der Waals surface area (Å²) in [5.74, 6) is -1.80. The van der Waals surface area contributed by atoms with Gasteiger partial charge < -0.3 is 26.8 Å². The largest absolute Gasteiger partial charge is 0.480 e. The zero-order chi connectivity index (χ0) is 16.5. The van der Waals surface area contributed by atoms with Gasteiger partial charge in [-0.2, -0.15) is 0 Å². The number of nitrogens with two attached hydrogens (primary N) is 1. The van der Waals surface area contributed by atoms with Crippen molar-refractivity contribution >= 4 is 17.8 Å². The molecule has 0 bridgehead atoms. The van der Waals surface area contributed by atoms with E-state index in [0.717, 1.165) is 19.4 Å². The van der Waals surface area contributed by atoms with Crippen LogP contribution < -0.4 is 21.7 Å². The van der Waals surface area contributed by atoms with E-state index in [2.05, 4.69) is 16.0 Å². The molecule has 3 atom stereocenters. The number of carbonyl (C=O) groups is 3. The van der Waals surface area contributed by atoms with Crippen molar-refractivity contribution in [1.82, 2.24) is 16.0 Å². The first-order chi connectivity index (χ1) is 10.5. The zero-order valence-corrected chi connectivity index (χ0v) is 12.9. The van der Waals surface area contributed by atoms with Crippen molar-refractivity contribution in [2.75, 3.05) is 13.1 Å². The number of rotatable bonds is 9. The Kier molecular flexibility index (Phi) is 7.83. The molecule has 0 saturated carbocycles. The monoisotopic (exact) mass is 314 g/mol. The van der Waals surface area contributed by atoms with E-state index in [-0.39, 0.29) is 11.9 Å². The summed E-state index contributed by atoms with van der Waals surface area (Å²) >= 11 is 0. The minimum atomic E-state index is -1.08. The Balaban J connectivity index is 2.42. The third-order valence-electron chi connectivity index (χ3n) is 3.69. The first-order valence-electron chi connectivity index (χ1n) is 7.72. The standard InChI is InChI=1S/C14H26N4O4/c1-9(17-13(20)10-6-4-8-16-10)12(19)18-11(14(21)22)5-2-3-7-15/h9-11,16H,2-8,15H2,1H3,(H,17,20)(H,18,19)(H,21,22)/t9-,10-,11-/m0/s1. The SMILES string of the molecule is C[C@H](NC(=O)[C@@H]1CCCN1)C(=O)N[C@@H](CCCCN)C(=O)O. The van der Waals surface area contributed by atoms with Crippen molar-refractivity contribution in [1.29, 1.82) is 0 Å². The molecule has 1 aliphatic rings. The van der Waals surface area contributed by atoms with E-state index >= 15 is 0 Å². The summed E-state index contributed by atoms with van der Waals surface area (Å²) in [6.45, 7) is 2.82. The van der Waals surface area contributed by atoms with Gasteiger partial charge in [-0.05, 0) is 52.1 Å². The van der Waals surface area contributed by atoms with Crippen LogP contribution in [-0.2, 0) is 14.4 Å². The highest BCUT2D eigenvalue weighted by atomic mass is 16.4. The van der Waals surface area contributed by atoms with Crippen LogP contribution >= 0.6 is 0 Å². The minimum absolute atomic E-state index is 0.227. The summed E-state index contributed by atoms with van der Waals surface area (Å²) in [5, 5.41) is 17.2. The average molecular weight is 314 g/mol. The fourth-order valence-corrected chi connectivity index (χ4v) is 2.33. The maximum Gasteiger partial charge on any atom is 0.326 e. The normalized spacial score (nSPS) is 20.2. The zero-order valence-electron chi connectivity index (χ0n) is 12.9. The molecule has 8 nitrogen and oxygen atoms in total. The van der Waals surface area contributed by atoms with Gasteiger partial charge in [0.2, 0.25) is 11.8 Å². The number of carboxylic acids is 1. The highest BCUT2D eigenvalue weighted by molar-refractivity contribution is 5.91. The Bertz CT molecular complexity index is 396. The van der Waals surface area contributed by atoms with Gasteiger partial charge in [0.15, 0.2) is 0 Å². The predicted molar refractivity (Wildman–Crippen MR) is 81.1 cm³/mol. The van der Waals surface area contributed by atoms with Gasteiger partial charge in [-0.25, -0.2) is 4.79 Å². The Morgan fingerprint density at radius 2 is 2.05 bits per heavy atom. The van der Waals surface area contributed by atoms with Crippen molar-refractivity contribution in [3.8, 4) is 0 Å². The van der Waals surface area contributed by atoms with Crippen LogP contribution in [0.5, 0.6) is 0 Å². The molecule has 1 saturated heterocycles. The number of carboxylic acid groups (broad SMARTS) is 1. The Morgan fingerprint density at radius 1 is 1.32 bits per heavy atom. The van der Waals surface area contributed by atoms with Crippen LogP contribution in [0.15, 0.2) is 0 Å². The van der Waals surface area contributed by atoms with Gasteiger partial charge in [0, 0.05) is 0 Å². The van der Waals surface area contributed by atoms with E-state index in [9.17, 15) is 14.4 Å². The fraction of sp³-hybridized carbons (Fsp3) is 0.786. The summed E-state index contributed by atoms with van der Waals surface area (Å²) in [4.78, 5) is 35.1. The Morgan fingerprint density at radius 3 is 2.59 bits per heavy atom. The first kappa shape index (κ1) is 18.4. The van der Waals surface area contributed by atoms with Crippen LogP contribution in [0.25, 0.3) is 0 Å². The van der Waals surface area contributed by atoms with Crippen LogP contribution in [0.2, 0.25) is 0 Å². The third-order valence-corrected chi connectivity index (χ3v) is 3.69. The highest BCUT2D eigenvalue weighted by Gasteiger charge is 2.27. The number of nitrogens with one attached hydrogen (secondary N) is 3. The van der Waals surface area contributed by atoms with Crippen molar-refractivity contribution < 1.29 is 19.5 Å². The van der Waals surface area contributed by atoms with E-state index in [0.29, 0.717) is 25.8 Å². The van der Waals surface area contributed by atoms with Gasteiger partial charge in [-0.3, -0.25) is 9.59 Å². The quantitative estimate of drug-likeness (QED) is 0.345. The number of amides is 2. The molecule has 0 radical (unpaired) electrons. The molecule has 2 amide bonds. The molecule has 0 aromatic carbocycles. The molecule has 22 heavy (non-hydrogen) atoms. The predicted octanol–water partition coefficient (Wildman–Crippen LogP) is -1.06. The Labute approximate surface area is 130 Å². The van der Waals surface area contributed by atoms with E-state index in [1.807, 2.05) is 0 Å². The van der Waals surface area contributed by atoms with Crippen LogP contribution in [-0.4, -0.2) is 54.1 Å². The third kappa shape index (κ3) is 5.98. The number of hydrogen-bond acceptors (Lipinski definition) is 5. The molecule has 0 aromatic heterocycles.